The number of nitrogens with two attached hydrogens (primary N) is 1. The molecule has 0 bridgehead atoms. The molecule has 21 heavy (non-hydrogen) atoms. The van der Waals surface area contributed by atoms with Crippen molar-refractivity contribution in [2.75, 3.05) is 0 Å². The van der Waals surface area contributed by atoms with Gasteiger partial charge < -0.3 is 10.3 Å². The fourth-order valence-corrected chi connectivity index (χ4v) is 3.07. The molecule has 0 fully saturated rings. The Morgan fingerprint density at radius 2 is 1.81 bits per heavy atom. The van der Waals surface area contributed by atoms with Gasteiger partial charge in [-0.3, -0.25) is 0 Å². The van der Waals surface area contributed by atoms with E-state index < -0.39 is 0 Å². The molecule has 3 aromatic rings. The summed E-state index contributed by atoms with van der Waals surface area (Å²) < 4.78 is 2.25. The second-order valence-electron chi connectivity index (χ2n) is 5.52. The van der Waals surface area contributed by atoms with Crippen LogP contribution >= 0.6 is 11.6 Å². The molecule has 0 unspecified atom stereocenters. The van der Waals surface area contributed by atoms with Gasteiger partial charge in [-0.25, -0.2) is 0 Å². The highest BCUT2D eigenvalue weighted by Gasteiger charge is 2.10. The number of nitrogens with zero attached hydrogens (tertiary/aromatic N) is 1. The molecular formula is C18H19ClN2. The Labute approximate surface area is 130 Å². The first kappa shape index (κ1) is 14.2. The highest BCUT2D eigenvalue weighted by molar-refractivity contribution is 6.31. The molecule has 0 amide bonds. The Morgan fingerprint density at radius 3 is 2.48 bits per heavy atom. The first-order valence-electron chi connectivity index (χ1n) is 7.12. The normalized spacial score (nSPS) is 11.2. The van der Waals surface area contributed by atoms with Crippen molar-refractivity contribution in [3.8, 4) is 0 Å². The predicted octanol–water partition coefficient (Wildman–Crippen LogP) is 4.42. The maximum atomic E-state index is 6.16. The van der Waals surface area contributed by atoms with Gasteiger partial charge in [0.15, 0.2) is 0 Å². The van der Waals surface area contributed by atoms with E-state index in [1.54, 1.807) is 0 Å². The van der Waals surface area contributed by atoms with Crippen LogP contribution in [0.5, 0.6) is 0 Å². The van der Waals surface area contributed by atoms with Crippen molar-refractivity contribution in [1.29, 1.82) is 0 Å². The molecule has 1 heterocycles. The predicted molar refractivity (Wildman–Crippen MR) is 89.9 cm³/mol. The Morgan fingerprint density at radius 1 is 1.10 bits per heavy atom. The summed E-state index contributed by atoms with van der Waals surface area (Å²) in [6.45, 7) is 5.70. The SMILES string of the molecule is Cc1cccc(C)c1Cn1cc(CN)c2ccc(Cl)cc21. The number of hydrogen-bond acceptors (Lipinski definition) is 1. The first-order chi connectivity index (χ1) is 10.1. The number of rotatable bonds is 3. The molecule has 0 aliphatic heterocycles. The lowest BCUT2D eigenvalue weighted by atomic mass is 10.0. The molecule has 0 atom stereocenters. The summed E-state index contributed by atoms with van der Waals surface area (Å²) in [5, 5.41) is 1.94. The lowest BCUT2D eigenvalue weighted by molar-refractivity contribution is 0.817. The third-order valence-corrected chi connectivity index (χ3v) is 4.35. The van der Waals surface area contributed by atoms with Gasteiger partial charge in [-0.15, -0.1) is 0 Å². The second-order valence-corrected chi connectivity index (χ2v) is 5.95. The number of fused-ring (bicyclic) bond motifs is 1. The van der Waals surface area contributed by atoms with Gasteiger partial charge in [-0.05, 0) is 48.2 Å². The van der Waals surface area contributed by atoms with Gasteiger partial charge in [0.25, 0.3) is 0 Å². The van der Waals surface area contributed by atoms with Crippen LogP contribution in [0.2, 0.25) is 5.02 Å². The zero-order valence-corrected chi connectivity index (χ0v) is 13.1. The van der Waals surface area contributed by atoms with Gasteiger partial charge in [0.2, 0.25) is 0 Å². The molecule has 0 aliphatic rings. The summed E-state index contributed by atoms with van der Waals surface area (Å²) in [7, 11) is 0. The number of benzene rings is 2. The quantitative estimate of drug-likeness (QED) is 0.762. The van der Waals surface area contributed by atoms with Crippen LogP contribution in [-0.2, 0) is 13.1 Å². The molecule has 0 saturated carbocycles. The first-order valence-corrected chi connectivity index (χ1v) is 7.50. The van der Waals surface area contributed by atoms with Gasteiger partial charge in [0.1, 0.15) is 0 Å². The summed E-state index contributed by atoms with van der Waals surface area (Å²) in [6, 6.07) is 12.4. The molecular weight excluding hydrogens is 280 g/mol. The van der Waals surface area contributed by atoms with Gasteiger partial charge in [-0.1, -0.05) is 35.9 Å². The monoisotopic (exact) mass is 298 g/mol. The lowest BCUT2D eigenvalue weighted by Gasteiger charge is -2.12. The highest BCUT2D eigenvalue weighted by atomic mass is 35.5. The molecule has 3 rings (SSSR count). The number of aryl methyl sites for hydroxylation is 2. The van der Waals surface area contributed by atoms with Crippen LogP contribution in [0.25, 0.3) is 10.9 Å². The number of hydrogen-bond donors (Lipinski definition) is 1. The van der Waals surface area contributed by atoms with E-state index in [1.807, 2.05) is 12.1 Å². The molecule has 2 nitrogen and oxygen atoms in total. The van der Waals surface area contributed by atoms with Crippen LogP contribution in [0.1, 0.15) is 22.3 Å². The minimum atomic E-state index is 0.540. The van der Waals surface area contributed by atoms with Crippen LogP contribution in [0, 0.1) is 13.8 Å². The number of aromatic nitrogens is 1. The summed E-state index contributed by atoms with van der Waals surface area (Å²) in [5.74, 6) is 0. The van der Waals surface area contributed by atoms with Crippen molar-refractivity contribution < 1.29 is 0 Å². The Kier molecular flexibility index (Phi) is 3.75. The average Bonchev–Trinajstić information content (AvgIpc) is 2.80. The van der Waals surface area contributed by atoms with E-state index in [0.29, 0.717) is 6.54 Å². The molecule has 2 aromatic carbocycles. The molecule has 108 valence electrons. The fourth-order valence-electron chi connectivity index (χ4n) is 2.90. The zero-order valence-electron chi connectivity index (χ0n) is 12.4. The lowest BCUT2D eigenvalue weighted by Crippen LogP contribution is -2.02. The Hall–Kier alpha value is -1.77. The van der Waals surface area contributed by atoms with Crippen LogP contribution < -0.4 is 5.73 Å². The van der Waals surface area contributed by atoms with E-state index in [0.717, 1.165) is 22.6 Å². The zero-order chi connectivity index (χ0) is 15.0. The van der Waals surface area contributed by atoms with Gasteiger partial charge in [-0.2, -0.15) is 0 Å². The van der Waals surface area contributed by atoms with E-state index in [1.165, 1.54) is 22.1 Å². The van der Waals surface area contributed by atoms with Crippen LogP contribution in [-0.4, -0.2) is 4.57 Å². The second kappa shape index (κ2) is 5.55. The average molecular weight is 299 g/mol. The molecule has 0 saturated heterocycles. The van der Waals surface area contributed by atoms with E-state index in [9.17, 15) is 0 Å². The molecule has 2 N–H and O–H groups in total. The van der Waals surface area contributed by atoms with E-state index in [2.05, 4.69) is 48.9 Å². The van der Waals surface area contributed by atoms with Crippen LogP contribution in [0.3, 0.4) is 0 Å². The topological polar surface area (TPSA) is 30.9 Å². The summed E-state index contributed by atoms with van der Waals surface area (Å²) in [5.41, 5.74) is 12.2. The van der Waals surface area contributed by atoms with Crippen molar-refractivity contribution in [2.45, 2.75) is 26.9 Å². The minimum absolute atomic E-state index is 0.540. The molecule has 0 radical (unpaired) electrons. The Balaban J connectivity index is 2.14. The Bertz CT molecular complexity index is 782. The van der Waals surface area contributed by atoms with Gasteiger partial charge >= 0.3 is 0 Å². The van der Waals surface area contributed by atoms with Gasteiger partial charge in [0, 0.05) is 29.7 Å². The molecule has 1 aromatic heterocycles. The molecule has 0 spiro atoms. The summed E-state index contributed by atoms with van der Waals surface area (Å²) in [6.07, 6.45) is 2.15. The third kappa shape index (κ3) is 2.57. The standard InChI is InChI=1S/C18H19ClN2/c1-12-4-3-5-13(2)17(12)11-21-10-14(9-20)16-7-6-15(19)8-18(16)21/h3-8,10H,9,11,20H2,1-2H3. The minimum Gasteiger partial charge on any atom is -0.343 e. The van der Waals surface area contributed by atoms with Crippen molar-refractivity contribution in [3.63, 3.8) is 0 Å². The summed E-state index contributed by atoms with van der Waals surface area (Å²) in [4.78, 5) is 0. The van der Waals surface area contributed by atoms with Crippen molar-refractivity contribution >= 4 is 22.5 Å². The maximum absolute atomic E-state index is 6.16. The van der Waals surface area contributed by atoms with Crippen molar-refractivity contribution in [3.05, 3.63) is 69.9 Å². The smallest absolute Gasteiger partial charge is 0.0501 e. The molecule has 0 aliphatic carbocycles. The van der Waals surface area contributed by atoms with Crippen LogP contribution in [0.4, 0.5) is 0 Å². The van der Waals surface area contributed by atoms with E-state index >= 15 is 0 Å². The maximum Gasteiger partial charge on any atom is 0.0501 e. The van der Waals surface area contributed by atoms with Crippen molar-refractivity contribution in [1.82, 2.24) is 4.57 Å². The number of halogens is 1. The van der Waals surface area contributed by atoms with E-state index in [4.69, 9.17) is 17.3 Å². The largest absolute Gasteiger partial charge is 0.343 e. The summed E-state index contributed by atoms with van der Waals surface area (Å²) >= 11 is 6.16. The van der Waals surface area contributed by atoms with Crippen LogP contribution in [0.15, 0.2) is 42.6 Å². The highest BCUT2D eigenvalue weighted by Crippen LogP contribution is 2.26. The fraction of sp³-hybridized carbons (Fsp3) is 0.222. The van der Waals surface area contributed by atoms with Gasteiger partial charge in [0.05, 0.1) is 5.52 Å². The van der Waals surface area contributed by atoms with E-state index in [-0.39, 0.29) is 0 Å². The molecule has 3 heteroatoms. The van der Waals surface area contributed by atoms with Crippen molar-refractivity contribution in [2.24, 2.45) is 5.73 Å². The third-order valence-electron chi connectivity index (χ3n) is 4.12.